The number of hydrogen-bond donors (Lipinski definition) is 1. The highest BCUT2D eigenvalue weighted by molar-refractivity contribution is 7.09. The summed E-state index contributed by atoms with van der Waals surface area (Å²) >= 11 is 1.57. The van der Waals surface area contributed by atoms with Gasteiger partial charge in [0.2, 0.25) is 0 Å². The summed E-state index contributed by atoms with van der Waals surface area (Å²) in [6.45, 7) is 4.31. The lowest BCUT2D eigenvalue weighted by Gasteiger charge is -2.14. The van der Waals surface area contributed by atoms with Gasteiger partial charge >= 0.3 is 0 Å². The van der Waals surface area contributed by atoms with Gasteiger partial charge in [0.05, 0.1) is 18.2 Å². The molecule has 0 aliphatic carbocycles. The molecule has 5 heteroatoms. The minimum absolute atomic E-state index is 0.106. The fourth-order valence-corrected chi connectivity index (χ4v) is 2.25. The molecule has 1 aromatic carbocycles. The highest BCUT2D eigenvalue weighted by Gasteiger charge is 2.09. The van der Waals surface area contributed by atoms with Crippen LogP contribution in [0.3, 0.4) is 0 Å². The lowest BCUT2D eigenvalue weighted by Crippen LogP contribution is -2.05. The van der Waals surface area contributed by atoms with Gasteiger partial charge in [-0.3, -0.25) is 4.98 Å². The van der Waals surface area contributed by atoms with Crippen molar-refractivity contribution in [2.45, 2.75) is 19.9 Å². The summed E-state index contributed by atoms with van der Waals surface area (Å²) in [6, 6.07) is 5.00. The maximum Gasteiger partial charge on any atom is 0.167 e. The number of nitrogens with zero attached hydrogens (tertiary/aromatic N) is 1. The Balaban J connectivity index is 2.08. The van der Waals surface area contributed by atoms with E-state index in [9.17, 15) is 4.39 Å². The molecule has 0 fully saturated rings. The van der Waals surface area contributed by atoms with Crippen molar-refractivity contribution in [1.82, 2.24) is 4.98 Å². The van der Waals surface area contributed by atoms with E-state index in [2.05, 4.69) is 10.3 Å². The van der Waals surface area contributed by atoms with Gasteiger partial charge in [-0.25, -0.2) is 4.39 Å². The molecular weight excluding hydrogens is 251 g/mol. The summed E-state index contributed by atoms with van der Waals surface area (Å²) in [5.74, 6) is -0.0631. The van der Waals surface area contributed by atoms with Gasteiger partial charge < -0.3 is 10.1 Å². The second kappa shape index (κ2) is 5.82. The molecule has 0 amide bonds. The van der Waals surface area contributed by atoms with Gasteiger partial charge in [0.15, 0.2) is 11.6 Å². The molecule has 2 rings (SSSR count). The molecule has 0 saturated heterocycles. The predicted octanol–water partition coefficient (Wildman–Crippen LogP) is 3.85. The van der Waals surface area contributed by atoms with Crippen molar-refractivity contribution < 1.29 is 9.13 Å². The van der Waals surface area contributed by atoms with Gasteiger partial charge in [-0.15, -0.1) is 11.3 Å². The third kappa shape index (κ3) is 2.98. The first-order chi connectivity index (χ1) is 8.70. The van der Waals surface area contributed by atoms with Crippen LogP contribution in [0.15, 0.2) is 29.9 Å². The fourth-order valence-electron chi connectivity index (χ4n) is 1.62. The first-order valence-corrected chi connectivity index (χ1v) is 6.66. The Bertz CT molecular complexity index is 502. The van der Waals surface area contributed by atoms with E-state index in [4.69, 9.17) is 4.74 Å². The lowest BCUT2D eigenvalue weighted by atomic mass is 10.2. The number of halogens is 1. The van der Waals surface area contributed by atoms with Crippen molar-refractivity contribution in [3.63, 3.8) is 0 Å². The Morgan fingerprint density at radius 2 is 2.33 bits per heavy atom. The molecular formula is C13H15FN2OS. The van der Waals surface area contributed by atoms with E-state index < -0.39 is 0 Å². The highest BCUT2D eigenvalue weighted by atomic mass is 32.1. The molecule has 96 valence electrons. The van der Waals surface area contributed by atoms with Crippen LogP contribution in [0.1, 0.15) is 24.8 Å². The largest absolute Gasteiger partial charge is 0.491 e. The summed E-state index contributed by atoms with van der Waals surface area (Å²) in [4.78, 5) is 5.14. The van der Waals surface area contributed by atoms with Crippen LogP contribution in [0.25, 0.3) is 0 Å². The van der Waals surface area contributed by atoms with Gasteiger partial charge in [0, 0.05) is 22.8 Å². The van der Waals surface area contributed by atoms with Crippen molar-refractivity contribution >= 4 is 17.0 Å². The summed E-state index contributed by atoms with van der Waals surface area (Å²) in [5, 5.41) is 3.23. The van der Waals surface area contributed by atoms with E-state index in [1.807, 2.05) is 26.1 Å². The van der Waals surface area contributed by atoms with Gasteiger partial charge in [0.1, 0.15) is 0 Å². The van der Waals surface area contributed by atoms with Crippen molar-refractivity contribution in [3.8, 4) is 5.75 Å². The zero-order chi connectivity index (χ0) is 13.0. The topological polar surface area (TPSA) is 34.1 Å². The van der Waals surface area contributed by atoms with Crippen molar-refractivity contribution in [2.24, 2.45) is 0 Å². The molecule has 0 spiro atoms. The average Bonchev–Trinajstić information content (AvgIpc) is 2.86. The summed E-state index contributed by atoms with van der Waals surface area (Å²) in [7, 11) is 0. The summed E-state index contributed by atoms with van der Waals surface area (Å²) < 4.78 is 18.8. The zero-order valence-electron chi connectivity index (χ0n) is 10.3. The Morgan fingerprint density at radius 1 is 1.50 bits per heavy atom. The number of hydrogen-bond acceptors (Lipinski definition) is 4. The molecule has 0 aliphatic heterocycles. The molecule has 1 heterocycles. The Hall–Kier alpha value is -1.62. The maximum atomic E-state index is 13.7. The van der Waals surface area contributed by atoms with Gasteiger partial charge in [0.25, 0.3) is 0 Å². The van der Waals surface area contributed by atoms with Crippen LogP contribution in [-0.4, -0.2) is 11.6 Å². The zero-order valence-corrected chi connectivity index (χ0v) is 11.1. The molecule has 0 aliphatic rings. The number of rotatable bonds is 5. The second-order valence-corrected chi connectivity index (χ2v) is 4.77. The van der Waals surface area contributed by atoms with Crippen molar-refractivity contribution in [2.75, 3.05) is 11.9 Å². The van der Waals surface area contributed by atoms with E-state index in [1.165, 1.54) is 6.07 Å². The molecule has 1 aromatic heterocycles. The lowest BCUT2D eigenvalue weighted by molar-refractivity contribution is 0.321. The highest BCUT2D eigenvalue weighted by Crippen LogP contribution is 2.25. The van der Waals surface area contributed by atoms with E-state index in [0.29, 0.717) is 6.61 Å². The first kappa shape index (κ1) is 12.8. The Kier molecular flexibility index (Phi) is 4.15. The van der Waals surface area contributed by atoms with Gasteiger partial charge in [-0.2, -0.15) is 0 Å². The van der Waals surface area contributed by atoms with E-state index in [0.717, 1.165) is 10.6 Å². The quantitative estimate of drug-likeness (QED) is 0.892. The molecule has 3 nitrogen and oxygen atoms in total. The van der Waals surface area contributed by atoms with Crippen LogP contribution in [0.4, 0.5) is 10.1 Å². The second-order valence-electron chi connectivity index (χ2n) is 3.85. The standard InChI is InChI=1S/C13H15FN2OS/c1-3-17-12-5-4-10(6-11(12)14)16-9(2)13-7-15-8-18-13/h4-9,16H,3H2,1-2H3. The van der Waals surface area contributed by atoms with Gasteiger partial charge in [-0.05, 0) is 26.0 Å². The van der Waals surface area contributed by atoms with Crippen LogP contribution < -0.4 is 10.1 Å². The Morgan fingerprint density at radius 3 is 2.94 bits per heavy atom. The predicted molar refractivity (Wildman–Crippen MR) is 71.7 cm³/mol. The van der Waals surface area contributed by atoms with E-state index in [-0.39, 0.29) is 17.6 Å². The van der Waals surface area contributed by atoms with Crippen molar-refractivity contribution in [3.05, 3.63) is 40.6 Å². The van der Waals surface area contributed by atoms with Crippen LogP contribution >= 0.6 is 11.3 Å². The van der Waals surface area contributed by atoms with Crippen LogP contribution in [0, 0.1) is 5.82 Å². The van der Waals surface area contributed by atoms with E-state index in [1.54, 1.807) is 22.9 Å². The number of anilines is 1. The number of benzene rings is 1. The smallest absolute Gasteiger partial charge is 0.167 e. The molecule has 1 N–H and O–H groups in total. The van der Waals surface area contributed by atoms with Crippen LogP contribution in [0.5, 0.6) is 5.75 Å². The number of aromatic nitrogens is 1. The van der Waals surface area contributed by atoms with Crippen LogP contribution in [-0.2, 0) is 0 Å². The molecule has 1 atom stereocenters. The minimum atomic E-state index is -0.349. The molecule has 0 saturated carbocycles. The van der Waals surface area contributed by atoms with E-state index >= 15 is 0 Å². The third-order valence-electron chi connectivity index (χ3n) is 2.49. The number of nitrogens with one attached hydrogen (secondary N) is 1. The third-order valence-corrected chi connectivity index (χ3v) is 3.45. The van der Waals surface area contributed by atoms with Crippen molar-refractivity contribution in [1.29, 1.82) is 0 Å². The molecule has 0 bridgehead atoms. The number of thiazole rings is 1. The fraction of sp³-hybridized carbons (Fsp3) is 0.308. The molecule has 0 radical (unpaired) electrons. The summed E-state index contributed by atoms with van der Waals surface area (Å²) in [5.41, 5.74) is 2.52. The molecule has 2 aromatic rings. The number of ether oxygens (including phenoxy) is 1. The first-order valence-electron chi connectivity index (χ1n) is 5.78. The minimum Gasteiger partial charge on any atom is -0.491 e. The van der Waals surface area contributed by atoms with Gasteiger partial charge in [-0.1, -0.05) is 0 Å². The SMILES string of the molecule is CCOc1ccc(NC(C)c2cncs2)cc1F. The molecule has 1 unspecified atom stereocenters. The molecule has 18 heavy (non-hydrogen) atoms. The van der Waals surface area contributed by atoms with Crippen LogP contribution in [0.2, 0.25) is 0 Å². The monoisotopic (exact) mass is 266 g/mol. The summed E-state index contributed by atoms with van der Waals surface area (Å²) in [6.07, 6.45) is 1.81. The maximum absolute atomic E-state index is 13.7. The Labute approximate surface area is 110 Å². The average molecular weight is 266 g/mol. The normalized spacial score (nSPS) is 12.2.